The summed E-state index contributed by atoms with van der Waals surface area (Å²) >= 11 is 1.34. The Kier molecular flexibility index (Phi) is 5.25. The number of nitrogens with one attached hydrogen (secondary N) is 1. The molecule has 7 nitrogen and oxygen atoms in total. The predicted octanol–water partition coefficient (Wildman–Crippen LogP) is 2.23. The van der Waals surface area contributed by atoms with E-state index in [1.54, 1.807) is 17.1 Å². The van der Waals surface area contributed by atoms with Crippen molar-refractivity contribution in [3.8, 4) is 0 Å². The number of anilines is 1. The second-order valence-corrected chi connectivity index (χ2v) is 7.12. The lowest BCUT2D eigenvalue weighted by molar-refractivity contribution is -0.113. The zero-order valence-corrected chi connectivity index (χ0v) is 14.7. The van der Waals surface area contributed by atoms with Gasteiger partial charge in [-0.05, 0) is 0 Å². The van der Waals surface area contributed by atoms with E-state index in [9.17, 15) is 4.79 Å². The lowest BCUT2D eigenvalue weighted by atomic mass is 9.92. The molecule has 2 heterocycles. The van der Waals surface area contributed by atoms with Crippen LogP contribution in [0.4, 0.5) is 5.82 Å². The Morgan fingerprint density at radius 2 is 2.22 bits per heavy atom. The van der Waals surface area contributed by atoms with Crippen molar-refractivity contribution in [3.05, 3.63) is 30.7 Å². The molecule has 0 saturated carbocycles. The summed E-state index contributed by atoms with van der Waals surface area (Å²) in [4.78, 5) is 12.1. The summed E-state index contributed by atoms with van der Waals surface area (Å²) in [5.41, 5.74) is 0.880. The van der Waals surface area contributed by atoms with Gasteiger partial charge in [-0.2, -0.15) is 5.10 Å². The quantitative estimate of drug-likeness (QED) is 0.647. The van der Waals surface area contributed by atoms with E-state index in [0.29, 0.717) is 17.5 Å². The number of carbonyl (C=O) groups excluding carboxylic acids is 1. The molecule has 23 heavy (non-hydrogen) atoms. The molecular formula is C15H22N6OS. The molecule has 0 spiro atoms. The predicted molar refractivity (Wildman–Crippen MR) is 91.5 cm³/mol. The smallest absolute Gasteiger partial charge is 0.235 e. The average molecular weight is 334 g/mol. The number of thioether (sulfide) groups is 1. The molecule has 0 unspecified atom stereocenters. The molecule has 2 aromatic heterocycles. The second kappa shape index (κ2) is 6.99. The summed E-state index contributed by atoms with van der Waals surface area (Å²) in [7, 11) is 1.82. The zero-order valence-electron chi connectivity index (χ0n) is 13.9. The fourth-order valence-corrected chi connectivity index (χ4v) is 2.60. The number of aromatic nitrogens is 5. The Bertz CT molecular complexity index is 697. The molecule has 0 aliphatic rings. The van der Waals surface area contributed by atoms with E-state index in [4.69, 9.17) is 0 Å². The fourth-order valence-electron chi connectivity index (χ4n) is 1.88. The van der Waals surface area contributed by atoms with Crippen LogP contribution in [0.1, 0.15) is 26.5 Å². The molecule has 0 aliphatic carbocycles. The van der Waals surface area contributed by atoms with Crippen LogP contribution in [0.3, 0.4) is 0 Å². The molecule has 0 saturated heterocycles. The van der Waals surface area contributed by atoms with Crippen LogP contribution in [0, 0.1) is 0 Å². The van der Waals surface area contributed by atoms with Gasteiger partial charge in [0.25, 0.3) is 0 Å². The number of carbonyl (C=O) groups is 1. The first-order valence-electron chi connectivity index (χ1n) is 7.27. The van der Waals surface area contributed by atoms with Gasteiger partial charge in [0, 0.05) is 25.1 Å². The van der Waals surface area contributed by atoms with E-state index < -0.39 is 0 Å². The van der Waals surface area contributed by atoms with Crippen molar-refractivity contribution in [1.82, 2.24) is 24.5 Å². The van der Waals surface area contributed by atoms with Gasteiger partial charge >= 0.3 is 0 Å². The Balaban J connectivity index is 1.96. The monoisotopic (exact) mass is 334 g/mol. The molecule has 0 aliphatic heterocycles. The van der Waals surface area contributed by atoms with Gasteiger partial charge < -0.3 is 9.88 Å². The molecule has 2 rings (SSSR count). The highest BCUT2D eigenvalue weighted by molar-refractivity contribution is 7.99. The third-order valence-electron chi connectivity index (χ3n) is 3.15. The van der Waals surface area contributed by atoms with E-state index in [-0.39, 0.29) is 17.1 Å². The highest BCUT2D eigenvalue weighted by atomic mass is 32.2. The molecule has 0 aromatic carbocycles. The molecule has 0 atom stereocenters. The Labute approximate surface area is 140 Å². The Morgan fingerprint density at radius 1 is 1.48 bits per heavy atom. The first-order chi connectivity index (χ1) is 10.8. The lowest BCUT2D eigenvalue weighted by Gasteiger charge is -2.13. The second-order valence-electron chi connectivity index (χ2n) is 6.18. The maximum atomic E-state index is 12.1. The zero-order chi connectivity index (χ0) is 17.0. The van der Waals surface area contributed by atoms with Crippen molar-refractivity contribution in [2.24, 2.45) is 7.05 Å². The van der Waals surface area contributed by atoms with Gasteiger partial charge in [0.1, 0.15) is 12.1 Å². The van der Waals surface area contributed by atoms with E-state index in [1.807, 2.05) is 17.7 Å². The third-order valence-corrected chi connectivity index (χ3v) is 4.13. The molecule has 2 aromatic rings. The van der Waals surface area contributed by atoms with Gasteiger partial charge in [0.05, 0.1) is 11.4 Å². The minimum atomic E-state index is -0.105. The molecule has 0 bridgehead atoms. The molecule has 1 amide bonds. The Hall–Kier alpha value is -2.09. The van der Waals surface area contributed by atoms with Crippen molar-refractivity contribution in [3.63, 3.8) is 0 Å². The minimum Gasteiger partial charge on any atom is -0.310 e. The number of hydrogen-bond acceptors (Lipinski definition) is 5. The molecule has 0 fully saturated rings. The summed E-state index contributed by atoms with van der Waals surface area (Å²) in [5, 5.41) is 15.9. The first kappa shape index (κ1) is 17.3. The SMILES string of the molecule is C=CCn1cnnc1SCC(=O)Nc1cc(C(C)(C)C)nn1C. The van der Waals surface area contributed by atoms with Crippen molar-refractivity contribution >= 4 is 23.5 Å². The Morgan fingerprint density at radius 3 is 2.83 bits per heavy atom. The first-order valence-corrected chi connectivity index (χ1v) is 8.25. The van der Waals surface area contributed by atoms with Gasteiger partial charge in [0.2, 0.25) is 5.91 Å². The summed E-state index contributed by atoms with van der Waals surface area (Å²) in [6, 6.07) is 1.91. The lowest BCUT2D eigenvalue weighted by Crippen LogP contribution is -2.16. The van der Waals surface area contributed by atoms with Gasteiger partial charge in [-0.3, -0.25) is 9.48 Å². The van der Waals surface area contributed by atoms with Crippen LogP contribution in [0.5, 0.6) is 0 Å². The van der Waals surface area contributed by atoms with Gasteiger partial charge in [0.15, 0.2) is 5.16 Å². The molecule has 8 heteroatoms. The largest absolute Gasteiger partial charge is 0.310 e. The number of rotatable bonds is 6. The van der Waals surface area contributed by atoms with E-state index in [1.165, 1.54) is 11.8 Å². The number of amides is 1. The molecule has 0 radical (unpaired) electrons. The third kappa shape index (κ3) is 4.44. The van der Waals surface area contributed by atoms with Crippen molar-refractivity contribution in [2.45, 2.75) is 37.9 Å². The summed E-state index contributed by atoms with van der Waals surface area (Å²) < 4.78 is 3.52. The highest BCUT2D eigenvalue weighted by Crippen LogP contribution is 2.23. The van der Waals surface area contributed by atoms with E-state index >= 15 is 0 Å². The molecule has 1 N–H and O–H groups in total. The normalized spacial score (nSPS) is 11.5. The maximum absolute atomic E-state index is 12.1. The number of hydrogen-bond donors (Lipinski definition) is 1. The molecule has 124 valence electrons. The van der Waals surface area contributed by atoms with Crippen LogP contribution in [-0.2, 0) is 23.8 Å². The number of aryl methyl sites for hydroxylation is 1. The van der Waals surface area contributed by atoms with Crippen molar-refractivity contribution in [2.75, 3.05) is 11.1 Å². The standard InChI is InChI=1S/C15H22N6OS/c1-6-7-21-10-16-18-14(21)23-9-13(22)17-12-8-11(15(2,3)4)19-20(12)5/h6,8,10H,1,7,9H2,2-5H3,(H,17,22). The summed E-state index contributed by atoms with van der Waals surface area (Å²) in [6.07, 6.45) is 3.38. The molecular weight excluding hydrogens is 312 g/mol. The topological polar surface area (TPSA) is 77.6 Å². The van der Waals surface area contributed by atoms with Crippen LogP contribution in [0.15, 0.2) is 30.2 Å². The van der Waals surface area contributed by atoms with Gasteiger partial charge in [-0.15, -0.1) is 16.8 Å². The fraction of sp³-hybridized carbons (Fsp3) is 0.467. The minimum absolute atomic E-state index is 0.0589. The number of nitrogens with zero attached hydrogens (tertiary/aromatic N) is 5. The average Bonchev–Trinajstić information content (AvgIpc) is 3.04. The summed E-state index contributed by atoms with van der Waals surface area (Å²) in [6.45, 7) is 10.6. The van der Waals surface area contributed by atoms with Crippen LogP contribution in [0.2, 0.25) is 0 Å². The highest BCUT2D eigenvalue weighted by Gasteiger charge is 2.19. The van der Waals surface area contributed by atoms with E-state index in [2.05, 4.69) is 48.0 Å². The van der Waals surface area contributed by atoms with E-state index in [0.717, 1.165) is 5.69 Å². The number of allylic oxidation sites excluding steroid dienone is 1. The van der Waals surface area contributed by atoms with Crippen molar-refractivity contribution < 1.29 is 4.79 Å². The van der Waals surface area contributed by atoms with Gasteiger partial charge in [-0.25, -0.2) is 0 Å². The summed E-state index contributed by atoms with van der Waals surface area (Å²) in [5.74, 6) is 0.839. The van der Waals surface area contributed by atoms with Crippen molar-refractivity contribution in [1.29, 1.82) is 0 Å². The van der Waals surface area contributed by atoms with Crippen LogP contribution in [-0.4, -0.2) is 36.2 Å². The van der Waals surface area contributed by atoms with Crippen LogP contribution < -0.4 is 5.32 Å². The maximum Gasteiger partial charge on any atom is 0.235 e. The van der Waals surface area contributed by atoms with Crippen LogP contribution in [0.25, 0.3) is 0 Å². The van der Waals surface area contributed by atoms with Crippen LogP contribution >= 0.6 is 11.8 Å². The van der Waals surface area contributed by atoms with Gasteiger partial charge in [-0.1, -0.05) is 38.6 Å².